The zero-order chi connectivity index (χ0) is 12.8. The summed E-state index contributed by atoms with van der Waals surface area (Å²) in [5.41, 5.74) is 7.74. The molecule has 100 valence electrons. The van der Waals surface area contributed by atoms with Gasteiger partial charge in [-0.15, -0.1) is 0 Å². The first-order valence-electron chi connectivity index (χ1n) is 7.30. The Kier molecular flexibility index (Phi) is 4.65. The quantitative estimate of drug-likeness (QED) is 0.798. The Morgan fingerprint density at radius 2 is 1.94 bits per heavy atom. The number of nitrogens with two attached hydrogens (primary N) is 1. The Morgan fingerprint density at radius 1 is 1.22 bits per heavy atom. The molecule has 2 nitrogen and oxygen atoms in total. The van der Waals surface area contributed by atoms with Crippen LogP contribution in [0.4, 0.5) is 5.69 Å². The van der Waals surface area contributed by atoms with Gasteiger partial charge in [0.1, 0.15) is 0 Å². The van der Waals surface area contributed by atoms with Crippen molar-refractivity contribution in [2.24, 2.45) is 11.1 Å². The van der Waals surface area contributed by atoms with Gasteiger partial charge in [0.15, 0.2) is 0 Å². The fourth-order valence-electron chi connectivity index (χ4n) is 2.80. The zero-order valence-corrected chi connectivity index (χ0v) is 11.6. The van der Waals surface area contributed by atoms with Crippen molar-refractivity contribution >= 4 is 5.69 Å². The van der Waals surface area contributed by atoms with Crippen LogP contribution >= 0.6 is 0 Å². The molecule has 1 aliphatic rings. The van der Waals surface area contributed by atoms with Gasteiger partial charge in [-0.1, -0.05) is 38.0 Å². The second-order valence-electron chi connectivity index (χ2n) is 5.67. The summed E-state index contributed by atoms with van der Waals surface area (Å²) >= 11 is 0. The summed E-state index contributed by atoms with van der Waals surface area (Å²) in [4.78, 5) is 2.54. The van der Waals surface area contributed by atoms with Gasteiger partial charge in [-0.2, -0.15) is 0 Å². The minimum Gasteiger partial charge on any atom is -0.371 e. The largest absolute Gasteiger partial charge is 0.371 e. The number of benzene rings is 1. The van der Waals surface area contributed by atoms with E-state index in [2.05, 4.69) is 42.2 Å². The van der Waals surface area contributed by atoms with E-state index in [4.69, 9.17) is 5.73 Å². The maximum absolute atomic E-state index is 6.00. The van der Waals surface area contributed by atoms with Crippen LogP contribution < -0.4 is 10.6 Å². The molecule has 0 unspecified atom stereocenters. The number of nitrogens with zero attached hydrogens (tertiary/aromatic N) is 1. The average molecular weight is 246 g/mol. The van der Waals surface area contributed by atoms with Crippen LogP contribution in [-0.4, -0.2) is 19.6 Å². The fourth-order valence-corrected chi connectivity index (χ4v) is 2.80. The van der Waals surface area contributed by atoms with Gasteiger partial charge >= 0.3 is 0 Å². The van der Waals surface area contributed by atoms with Gasteiger partial charge in [0.05, 0.1) is 0 Å². The first-order chi connectivity index (χ1) is 8.79. The summed E-state index contributed by atoms with van der Waals surface area (Å²) in [7, 11) is 0. The predicted molar refractivity (Wildman–Crippen MR) is 78.9 cm³/mol. The lowest BCUT2D eigenvalue weighted by Crippen LogP contribution is -2.47. The summed E-state index contributed by atoms with van der Waals surface area (Å²) < 4.78 is 0. The lowest BCUT2D eigenvalue weighted by Gasteiger charge is -2.45. The van der Waals surface area contributed by atoms with Crippen LogP contribution in [0.5, 0.6) is 0 Å². The molecule has 0 heterocycles. The molecule has 2 rings (SSSR count). The van der Waals surface area contributed by atoms with Crippen molar-refractivity contribution in [1.82, 2.24) is 0 Å². The van der Waals surface area contributed by atoms with Crippen LogP contribution in [0.3, 0.4) is 0 Å². The molecule has 0 aliphatic heterocycles. The monoisotopic (exact) mass is 246 g/mol. The van der Waals surface area contributed by atoms with Gasteiger partial charge in [-0.05, 0) is 37.9 Å². The average Bonchev–Trinajstić information content (AvgIpc) is 2.38. The van der Waals surface area contributed by atoms with Gasteiger partial charge in [0.25, 0.3) is 0 Å². The number of anilines is 1. The van der Waals surface area contributed by atoms with Crippen LogP contribution in [0, 0.1) is 5.41 Å². The van der Waals surface area contributed by atoms with E-state index in [1.165, 1.54) is 37.8 Å². The van der Waals surface area contributed by atoms with E-state index >= 15 is 0 Å². The highest BCUT2D eigenvalue weighted by Gasteiger charge is 2.37. The van der Waals surface area contributed by atoms with Crippen LogP contribution in [0.1, 0.15) is 39.0 Å². The molecule has 0 amide bonds. The number of hydrogen-bond acceptors (Lipinski definition) is 2. The fraction of sp³-hybridized carbons (Fsp3) is 0.625. The maximum Gasteiger partial charge on any atom is 0.0366 e. The van der Waals surface area contributed by atoms with E-state index in [0.717, 1.165) is 19.6 Å². The third-order valence-corrected chi connectivity index (χ3v) is 4.28. The van der Waals surface area contributed by atoms with Gasteiger partial charge < -0.3 is 10.6 Å². The Bertz CT molecular complexity index is 338. The second kappa shape index (κ2) is 6.24. The zero-order valence-electron chi connectivity index (χ0n) is 11.6. The molecule has 1 saturated carbocycles. The molecule has 0 atom stereocenters. The molecule has 1 aromatic rings. The van der Waals surface area contributed by atoms with Crippen molar-refractivity contribution in [1.29, 1.82) is 0 Å². The normalized spacial score (nSPS) is 17.2. The van der Waals surface area contributed by atoms with E-state index in [9.17, 15) is 0 Å². The summed E-state index contributed by atoms with van der Waals surface area (Å²) in [5, 5.41) is 0. The highest BCUT2D eigenvalue weighted by Crippen LogP contribution is 2.41. The Balaban J connectivity index is 2.05. The Hall–Kier alpha value is -1.02. The molecule has 2 N–H and O–H groups in total. The number of hydrogen-bond donors (Lipinski definition) is 1. The first-order valence-corrected chi connectivity index (χ1v) is 7.30. The highest BCUT2D eigenvalue weighted by atomic mass is 15.1. The molecule has 2 heteroatoms. The third kappa shape index (κ3) is 3.05. The second-order valence-corrected chi connectivity index (χ2v) is 5.67. The van der Waals surface area contributed by atoms with Gasteiger partial charge in [-0.3, -0.25) is 0 Å². The van der Waals surface area contributed by atoms with Crippen LogP contribution in [0.2, 0.25) is 0 Å². The van der Waals surface area contributed by atoms with Gasteiger partial charge in [0, 0.05) is 24.2 Å². The number of para-hydroxylation sites is 1. The minimum absolute atomic E-state index is 0.392. The number of unbranched alkanes of at least 4 members (excludes halogenated alkanes) is 1. The van der Waals surface area contributed by atoms with E-state index in [0.29, 0.717) is 5.41 Å². The van der Waals surface area contributed by atoms with E-state index < -0.39 is 0 Å². The van der Waals surface area contributed by atoms with Gasteiger partial charge in [-0.25, -0.2) is 0 Å². The van der Waals surface area contributed by atoms with Crippen LogP contribution in [0.15, 0.2) is 30.3 Å². The predicted octanol–water partition coefficient (Wildman–Crippen LogP) is 3.42. The molecule has 0 aromatic heterocycles. The van der Waals surface area contributed by atoms with Crippen molar-refractivity contribution in [3.05, 3.63) is 30.3 Å². The smallest absolute Gasteiger partial charge is 0.0366 e. The first kappa shape index (κ1) is 13.4. The molecule has 1 aromatic carbocycles. The number of rotatable bonds is 7. The summed E-state index contributed by atoms with van der Waals surface area (Å²) in [6, 6.07) is 10.8. The van der Waals surface area contributed by atoms with E-state index in [1.54, 1.807) is 0 Å². The summed E-state index contributed by atoms with van der Waals surface area (Å²) in [5.74, 6) is 0. The molecule has 1 aliphatic carbocycles. The minimum atomic E-state index is 0.392. The maximum atomic E-state index is 6.00. The van der Waals surface area contributed by atoms with Crippen molar-refractivity contribution < 1.29 is 0 Å². The molecule has 18 heavy (non-hydrogen) atoms. The van der Waals surface area contributed by atoms with Crippen molar-refractivity contribution in [2.45, 2.75) is 39.0 Å². The van der Waals surface area contributed by atoms with Crippen molar-refractivity contribution in [3.63, 3.8) is 0 Å². The molecule has 1 fully saturated rings. The van der Waals surface area contributed by atoms with E-state index in [-0.39, 0.29) is 0 Å². The Labute approximate surface area is 111 Å². The lowest BCUT2D eigenvalue weighted by molar-refractivity contribution is 0.152. The van der Waals surface area contributed by atoms with Crippen molar-refractivity contribution in [3.8, 4) is 0 Å². The van der Waals surface area contributed by atoms with Crippen LogP contribution in [0.25, 0.3) is 0 Å². The summed E-state index contributed by atoms with van der Waals surface area (Å²) in [6.45, 7) is 5.38. The molecule has 0 spiro atoms. The molecule has 0 saturated heterocycles. The molecular weight excluding hydrogens is 220 g/mol. The molecular formula is C16H26N2. The molecule has 0 bridgehead atoms. The standard InChI is InChI=1S/C16H26N2/c1-2-3-12-18(15-8-5-4-6-9-15)14-16(13-17)10-7-11-16/h4-6,8-9H,2-3,7,10-14,17H2,1H3. The highest BCUT2D eigenvalue weighted by molar-refractivity contribution is 5.46. The van der Waals surface area contributed by atoms with E-state index in [1.807, 2.05) is 0 Å². The Morgan fingerprint density at radius 3 is 2.44 bits per heavy atom. The van der Waals surface area contributed by atoms with Crippen LogP contribution in [-0.2, 0) is 0 Å². The summed E-state index contributed by atoms with van der Waals surface area (Å²) in [6.07, 6.45) is 6.47. The molecule has 0 radical (unpaired) electrons. The topological polar surface area (TPSA) is 29.3 Å². The lowest BCUT2D eigenvalue weighted by atomic mass is 9.68. The van der Waals surface area contributed by atoms with Gasteiger partial charge in [0.2, 0.25) is 0 Å². The third-order valence-electron chi connectivity index (χ3n) is 4.28. The SMILES string of the molecule is CCCCN(CC1(CN)CCC1)c1ccccc1. The van der Waals surface area contributed by atoms with Crippen molar-refractivity contribution in [2.75, 3.05) is 24.5 Å².